The molecule has 3 N–H and O–H groups in total. The molecule has 0 amide bonds. The van der Waals surface area contributed by atoms with Crippen LogP contribution in [0.15, 0.2) is 12.2 Å². The van der Waals surface area contributed by atoms with Gasteiger partial charge in [-0.05, 0) is 6.08 Å². The van der Waals surface area contributed by atoms with E-state index in [2.05, 4.69) is 5.43 Å². The number of hydrogen-bond acceptors (Lipinski definition) is 4. The SMILES string of the molecule is NNC1C=CC2(C1)OCCO2. The molecule has 0 aromatic heterocycles. The molecule has 1 unspecified atom stereocenters. The third-order valence-electron chi connectivity index (χ3n) is 2.08. The van der Waals surface area contributed by atoms with Crippen LogP contribution in [0.1, 0.15) is 6.42 Å². The Hall–Kier alpha value is -0.420. The number of hydrogen-bond donors (Lipinski definition) is 2. The van der Waals surface area contributed by atoms with Gasteiger partial charge in [0.2, 0.25) is 0 Å². The Bertz CT molecular complexity index is 175. The van der Waals surface area contributed by atoms with E-state index in [4.69, 9.17) is 15.3 Å². The Labute approximate surface area is 65.3 Å². The summed E-state index contributed by atoms with van der Waals surface area (Å²) in [7, 11) is 0. The van der Waals surface area contributed by atoms with Crippen molar-refractivity contribution in [1.82, 2.24) is 5.43 Å². The first-order chi connectivity index (χ1) is 5.35. The molecular formula is C7H12N2O2. The summed E-state index contributed by atoms with van der Waals surface area (Å²) in [5.74, 6) is 4.81. The van der Waals surface area contributed by atoms with Gasteiger partial charge >= 0.3 is 0 Å². The average Bonchev–Trinajstić information content (AvgIpc) is 2.62. The molecule has 0 saturated carbocycles. The minimum absolute atomic E-state index is 0.188. The lowest BCUT2D eigenvalue weighted by Gasteiger charge is -2.20. The van der Waals surface area contributed by atoms with Crippen LogP contribution in [0.2, 0.25) is 0 Å². The molecule has 62 valence electrons. The van der Waals surface area contributed by atoms with E-state index in [1.165, 1.54) is 0 Å². The predicted molar refractivity (Wildman–Crippen MR) is 39.5 cm³/mol. The molecule has 1 atom stereocenters. The van der Waals surface area contributed by atoms with Gasteiger partial charge in [-0.25, -0.2) is 0 Å². The predicted octanol–water partition coefficient (Wildman–Crippen LogP) is -0.479. The Morgan fingerprint density at radius 3 is 2.73 bits per heavy atom. The van der Waals surface area contributed by atoms with Crippen LogP contribution in [0.3, 0.4) is 0 Å². The number of rotatable bonds is 1. The molecule has 11 heavy (non-hydrogen) atoms. The summed E-state index contributed by atoms with van der Waals surface area (Å²) in [6.45, 7) is 1.36. The quantitative estimate of drug-likeness (QED) is 0.306. The van der Waals surface area contributed by atoms with E-state index >= 15 is 0 Å². The van der Waals surface area contributed by atoms with Crippen molar-refractivity contribution >= 4 is 0 Å². The van der Waals surface area contributed by atoms with Crippen molar-refractivity contribution in [2.75, 3.05) is 13.2 Å². The second-order valence-electron chi connectivity index (χ2n) is 2.85. The second-order valence-corrected chi connectivity index (χ2v) is 2.85. The number of ether oxygens (including phenoxy) is 2. The third-order valence-corrected chi connectivity index (χ3v) is 2.08. The summed E-state index contributed by atoms with van der Waals surface area (Å²) in [4.78, 5) is 0. The van der Waals surface area contributed by atoms with E-state index in [1.54, 1.807) is 0 Å². The summed E-state index contributed by atoms with van der Waals surface area (Å²) in [5, 5.41) is 0. The van der Waals surface area contributed by atoms with E-state index in [0.717, 1.165) is 6.42 Å². The smallest absolute Gasteiger partial charge is 0.189 e. The zero-order valence-corrected chi connectivity index (χ0v) is 6.25. The van der Waals surface area contributed by atoms with E-state index < -0.39 is 5.79 Å². The van der Waals surface area contributed by atoms with E-state index in [0.29, 0.717) is 13.2 Å². The number of hydrazine groups is 1. The van der Waals surface area contributed by atoms with Crippen LogP contribution in [-0.4, -0.2) is 25.0 Å². The molecule has 1 aliphatic heterocycles. The molecular weight excluding hydrogens is 144 g/mol. The fourth-order valence-electron chi connectivity index (χ4n) is 1.50. The molecule has 2 aliphatic rings. The second kappa shape index (κ2) is 2.57. The third kappa shape index (κ3) is 1.18. The van der Waals surface area contributed by atoms with Crippen molar-refractivity contribution in [3.05, 3.63) is 12.2 Å². The van der Waals surface area contributed by atoms with Crippen molar-refractivity contribution in [3.63, 3.8) is 0 Å². The molecule has 1 saturated heterocycles. The Morgan fingerprint density at radius 1 is 1.45 bits per heavy atom. The number of nitrogens with one attached hydrogen (secondary N) is 1. The first kappa shape index (κ1) is 7.24. The van der Waals surface area contributed by atoms with Crippen LogP contribution in [-0.2, 0) is 9.47 Å². The Kier molecular flexibility index (Phi) is 1.69. The molecule has 4 heteroatoms. The molecule has 0 bridgehead atoms. The van der Waals surface area contributed by atoms with Gasteiger partial charge in [0.1, 0.15) is 0 Å². The maximum atomic E-state index is 5.43. The lowest BCUT2D eigenvalue weighted by Crippen LogP contribution is -2.37. The lowest BCUT2D eigenvalue weighted by atomic mass is 10.2. The Morgan fingerprint density at radius 2 is 2.18 bits per heavy atom. The summed E-state index contributed by atoms with van der Waals surface area (Å²) in [6.07, 6.45) is 4.69. The van der Waals surface area contributed by atoms with Crippen molar-refractivity contribution in [1.29, 1.82) is 0 Å². The van der Waals surface area contributed by atoms with Gasteiger partial charge in [-0.3, -0.25) is 11.3 Å². The van der Waals surface area contributed by atoms with Crippen LogP contribution < -0.4 is 11.3 Å². The normalized spacial score (nSPS) is 33.7. The van der Waals surface area contributed by atoms with Crippen LogP contribution in [0.25, 0.3) is 0 Å². The van der Waals surface area contributed by atoms with Gasteiger partial charge in [0.15, 0.2) is 5.79 Å². The summed E-state index contributed by atoms with van der Waals surface area (Å²) < 4.78 is 10.9. The summed E-state index contributed by atoms with van der Waals surface area (Å²) >= 11 is 0. The van der Waals surface area contributed by atoms with Gasteiger partial charge in [-0.15, -0.1) is 0 Å². The molecule has 4 nitrogen and oxygen atoms in total. The van der Waals surface area contributed by atoms with Crippen molar-refractivity contribution in [3.8, 4) is 0 Å². The monoisotopic (exact) mass is 156 g/mol. The zero-order chi connectivity index (χ0) is 7.73. The van der Waals surface area contributed by atoms with Gasteiger partial charge in [0.05, 0.1) is 13.2 Å². The first-order valence-corrected chi connectivity index (χ1v) is 3.78. The molecule has 0 radical (unpaired) electrons. The van der Waals surface area contributed by atoms with Crippen LogP contribution in [0.5, 0.6) is 0 Å². The van der Waals surface area contributed by atoms with Gasteiger partial charge in [-0.1, -0.05) is 6.08 Å². The Balaban J connectivity index is 2.03. The fraction of sp³-hybridized carbons (Fsp3) is 0.714. The first-order valence-electron chi connectivity index (χ1n) is 3.78. The van der Waals surface area contributed by atoms with E-state index in [-0.39, 0.29) is 6.04 Å². The largest absolute Gasteiger partial charge is 0.344 e. The summed E-state index contributed by atoms with van der Waals surface area (Å²) in [6, 6.07) is 0.188. The summed E-state index contributed by atoms with van der Waals surface area (Å²) in [5.41, 5.74) is 2.67. The van der Waals surface area contributed by atoms with E-state index in [9.17, 15) is 0 Å². The molecule has 1 heterocycles. The minimum atomic E-state index is -0.461. The molecule has 0 aromatic rings. The minimum Gasteiger partial charge on any atom is -0.344 e. The average molecular weight is 156 g/mol. The van der Waals surface area contributed by atoms with Gasteiger partial charge in [0.25, 0.3) is 0 Å². The molecule has 0 aromatic carbocycles. The van der Waals surface area contributed by atoms with Crippen molar-refractivity contribution < 1.29 is 9.47 Å². The van der Waals surface area contributed by atoms with Crippen LogP contribution >= 0.6 is 0 Å². The zero-order valence-electron chi connectivity index (χ0n) is 6.25. The highest BCUT2D eigenvalue weighted by Crippen LogP contribution is 2.31. The maximum absolute atomic E-state index is 5.43. The highest BCUT2D eigenvalue weighted by molar-refractivity contribution is 5.12. The van der Waals surface area contributed by atoms with Gasteiger partial charge < -0.3 is 9.47 Å². The highest BCUT2D eigenvalue weighted by atomic mass is 16.7. The fourth-order valence-corrected chi connectivity index (χ4v) is 1.50. The van der Waals surface area contributed by atoms with Gasteiger partial charge in [-0.2, -0.15) is 0 Å². The standard InChI is InChI=1S/C7H12N2O2/c8-9-6-1-2-7(5-6)10-3-4-11-7/h1-2,6,9H,3-5,8H2. The highest BCUT2D eigenvalue weighted by Gasteiger charge is 2.39. The lowest BCUT2D eigenvalue weighted by molar-refractivity contribution is -0.117. The van der Waals surface area contributed by atoms with Crippen LogP contribution in [0.4, 0.5) is 0 Å². The molecule has 2 rings (SSSR count). The molecule has 1 fully saturated rings. The number of nitrogens with two attached hydrogens (primary N) is 1. The van der Waals surface area contributed by atoms with E-state index in [1.807, 2.05) is 12.2 Å². The molecule has 1 spiro atoms. The topological polar surface area (TPSA) is 56.5 Å². The van der Waals surface area contributed by atoms with Crippen LogP contribution in [0, 0.1) is 0 Å². The van der Waals surface area contributed by atoms with Gasteiger partial charge in [0, 0.05) is 12.5 Å². The molecule has 1 aliphatic carbocycles. The maximum Gasteiger partial charge on any atom is 0.189 e. The van der Waals surface area contributed by atoms with Crippen molar-refractivity contribution in [2.24, 2.45) is 5.84 Å². The van der Waals surface area contributed by atoms with Crippen molar-refractivity contribution in [2.45, 2.75) is 18.2 Å².